The van der Waals surface area contributed by atoms with Crippen molar-refractivity contribution in [1.29, 1.82) is 0 Å². The highest BCUT2D eigenvalue weighted by atomic mass is 35.5. The van der Waals surface area contributed by atoms with Gasteiger partial charge in [0.1, 0.15) is 5.76 Å². The number of halogens is 2. The van der Waals surface area contributed by atoms with E-state index in [-0.39, 0.29) is 6.03 Å². The van der Waals surface area contributed by atoms with Gasteiger partial charge in [0.25, 0.3) is 0 Å². The minimum absolute atomic E-state index is 0.313. The zero-order chi connectivity index (χ0) is 13.0. The van der Waals surface area contributed by atoms with Crippen LogP contribution in [0.4, 0.5) is 10.5 Å². The molecule has 2 N–H and O–H groups in total. The average molecular weight is 285 g/mol. The fourth-order valence-electron chi connectivity index (χ4n) is 1.38. The Bertz CT molecular complexity index is 521. The van der Waals surface area contributed by atoms with Crippen LogP contribution >= 0.6 is 23.2 Å². The third kappa shape index (κ3) is 3.68. The van der Waals surface area contributed by atoms with Crippen molar-refractivity contribution in [2.75, 3.05) is 5.32 Å². The molecular formula is C12H10Cl2N2O2. The van der Waals surface area contributed by atoms with Crippen molar-refractivity contribution in [2.45, 2.75) is 6.54 Å². The Labute approximate surface area is 114 Å². The molecule has 0 bridgehead atoms. The summed E-state index contributed by atoms with van der Waals surface area (Å²) in [6, 6.07) is 7.99. The van der Waals surface area contributed by atoms with Gasteiger partial charge in [0, 0.05) is 15.7 Å². The molecule has 0 atom stereocenters. The summed E-state index contributed by atoms with van der Waals surface area (Å²) in [7, 11) is 0. The van der Waals surface area contributed by atoms with Crippen molar-refractivity contribution in [3.8, 4) is 0 Å². The Kier molecular flexibility index (Phi) is 4.12. The monoisotopic (exact) mass is 284 g/mol. The normalized spacial score (nSPS) is 10.1. The molecule has 18 heavy (non-hydrogen) atoms. The predicted octanol–water partition coefficient (Wildman–Crippen LogP) is 3.91. The van der Waals surface area contributed by atoms with Crippen molar-refractivity contribution >= 4 is 34.9 Å². The minimum Gasteiger partial charge on any atom is -0.467 e. The molecule has 0 aliphatic heterocycles. The molecule has 6 heteroatoms. The number of anilines is 1. The van der Waals surface area contributed by atoms with Crippen molar-refractivity contribution in [1.82, 2.24) is 5.32 Å². The van der Waals surface area contributed by atoms with Gasteiger partial charge in [-0.25, -0.2) is 4.79 Å². The Morgan fingerprint density at radius 3 is 2.56 bits per heavy atom. The van der Waals surface area contributed by atoms with Gasteiger partial charge in [-0.2, -0.15) is 0 Å². The molecule has 0 unspecified atom stereocenters. The molecule has 0 aliphatic carbocycles. The summed E-state index contributed by atoms with van der Waals surface area (Å²) >= 11 is 11.6. The summed E-state index contributed by atoms with van der Waals surface area (Å²) in [6.07, 6.45) is 1.55. The molecule has 0 saturated heterocycles. The van der Waals surface area contributed by atoms with E-state index in [9.17, 15) is 4.79 Å². The van der Waals surface area contributed by atoms with Crippen LogP contribution in [0.2, 0.25) is 10.0 Å². The van der Waals surface area contributed by atoms with Crippen LogP contribution in [0.3, 0.4) is 0 Å². The van der Waals surface area contributed by atoms with E-state index in [4.69, 9.17) is 27.6 Å². The largest absolute Gasteiger partial charge is 0.467 e. The highest BCUT2D eigenvalue weighted by molar-refractivity contribution is 6.35. The first kappa shape index (κ1) is 12.8. The maximum Gasteiger partial charge on any atom is 0.319 e. The fourth-order valence-corrected chi connectivity index (χ4v) is 1.91. The van der Waals surface area contributed by atoms with Gasteiger partial charge < -0.3 is 15.1 Å². The second-order valence-corrected chi connectivity index (χ2v) is 4.42. The lowest BCUT2D eigenvalue weighted by atomic mass is 10.3. The quantitative estimate of drug-likeness (QED) is 0.898. The Morgan fingerprint density at radius 1 is 1.22 bits per heavy atom. The maximum absolute atomic E-state index is 11.6. The Hall–Kier alpha value is -1.65. The number of benzene rings is 1. The van der Waals surface area contributed by atoms with Gasteiger partial charge in [-0.3, -0.25) is 0 Å². The maximum atomic E-state index is 11.6. The molecule has 2 aromatic rings. The molecular weight excluding hydrogens is 275 g/mol. The van der Waals surface area contributed by atoms with Crippen LogP contribution in [0, 0.1) is 0 Å². The molecule has 1 heterocycles. The lowest BCUT2D eigenvalue weighted by molar-refractivity contribution is 0.251. The van der Waals surface area contributed by atoms with Crippen LogP contribution in [0.25, 0.3) is 0 Å². The topological polar surface area (TPSA) is 54.3 Å². The van der Waals surface area contributed by atoms with Crippen LogP contribution in [0.15, 0.2) is 41.0 Å². The third-order valence-electron chi connectivity index (χ3n) is 2.12. The fraction of sp³-hybridized carbons (Fsp3) is 0.0833. The molecule has 0 saturated carbocycles. The van der Waals surface area contributed by atoms with Crippen molar-refractivity contribution < 1.29 is 9.21 Å². The van der Waals surface area contributed by atoms with E-state index < -0.39 is 0 Å². The van der Waals surface area contributed by atoms with Crippen molar-refractivity contribution in [3.05, 3.63) is 52.4 Å². The minimum atomic E-state index is -0.357. The van der Waals surface area contributed by atoms with E-state index in [1.165, 1.54) is 0 Å². The summed E-state index contributed by atoms with van der Waals surface area (Å²) < 4.78 is 5.09. The molecule has 0 fully saturated rings. The van der Waals surface area contributed by atoms with Gasteiger partial charge in [-0.15, -0.1) is 0 Å². The Morgan fingerprint density at radius 2 is 1.94 bits per heavy atom. The number of nitrogens with one attached hydrogen (secondary N) is 2. The number of urea groups is 1. The number of carbonyl (C=O) groups is 1. The van der Waals surface area contributed by atoms with E-state index in [1.54, 1.807) is 36.6 Å². The molecule has 1 aromatic carbocycles. The van der Waals surface area contributed by atoms with Crippen molar-refractivity contribution in [3.63, 3.8) is 0 Å². The highest BCUT2D eigenvalue weighted by Gasteiger charge is 2.04. The Balaban J connectivity index is 1.90. The smallest absolute Gasteiger partial charge is 0.319 e. The third-order valence-corrected chi connectivity index (χ3v) is 2.56. The van der Waals surface area contributed by atoms with Crippen LogP contribution in [0.5, 0.6) is 0 Å². The summed E-state index contributed by atoms with van der Waals surface area (Å²) in [6.45, 7) is 0.313. The predicted molar refractivity (Wildman–Crippen MR) is 71.0 cm³/mol. The highest BCUT2D eigenvalue weighted by Crippen LogP contribution is 2.22. The molecule has 1 aromatic heterocycles. The first-order valence-electron chi connectivity index (χ1n) is 5.17. The van der Waals surface area contributed by atoms with Crippen LogP contribution in [0.1, 0.15) is 5.76 Å². The number of carbonyl (C=O) groups excluding carboxylic acids is 1. The van der Waals surface area contributed by atoms with Crippen LogP contribution in [-0.4, -0.2) is 6.03 Å². The van der Waals surface area contributed by atoms with E-state index in [2.05, 4.69) is 10.6 Å². The molecule has 4 nitrogen and oxygen atoms in total. The van der Waals surface area contributed by atoms with Gasteiger partial charge in [0.2, 0.25) is 0 Å². The first-order chi connectivity index (χ1) is 8.63. The lowest BCUT2D eigenvalue weighted by Crippen LogP contribution is -2.27. The van der Waals surface area contributed by atoms with Crippen LogP contribution < -0.4 is 10.6 Å². The van der Waals surface area contributed by atoms with E-state index in [1.807, 2.05) is 0 Å². The SMILES string of the molecule is O=C(NCc1ccco1)Nc1cc(Cl)cc(Cl)c1. The van der Waals surface area contributed by atoms with Gasteiger partial charge >= 0.3 is 6.03 Å². The van der Waals surface area contributed by atoms with E-state index in [0.717, 1.165) is 0 Å². The van der Waals surface area contributed by atoms with Gasteiger partial charge in [0.05, 0.1) is 12.8 Å². The van der Waals surface area contributed by atoms with Crippen LogP contribution in [-0.2, 0) is 6.54 Å². The second kappa shape index (κ2) is 5.80. The number of hydrogen-bond donors (Lipinski definition) is 2. The van der Waals surface area contributed by atoms with Crippen molar-refractivity contribution in [2.24, 2.45) is 0 Å². The first-order valence-corrected chi connectivity index (χ1v) is 5.92. The van der Waals surface area contributed by atoms with E-state index >= 15 is 0 Å². The molecule has 94 valence electrons. The number of amides is 2. The zero-order valence-electron chi connectivity index (χ0n) is 9.24. The molecule has 2 rings (SSSR count). The molecule has 0 spiro atoms. The van der Waals surface area contributed by atoms with Gasteiger partial charge in [0.15, 0.2) is 0 Å². The van der Waals surface area contributed by atoms with Gasteiger partial charge in [-0.1, -0.05) is 23.2 Å². The summed E-state index contributed by atoms with van der Waals surface area (Å²) in [5.74, 6) is 0.675. The molecule has 2 amide bonds. The second-order valence-electron chi connectivity index (χ2n) is 3.55. The molecule has 0 aliphatic rings. The molecule has 0 radical (unpaired) electrons. The zero-order valence-corrected chi connectivity index (χ0v) is 10.8. The van der Waals surface area contributed by atoms with E-state index in [0.29, 0.717) is 28.0 Å². The number of hydrogen-bond acceptors (Lipinski definition) is 2. The summed E-state index contributed by atoms with van der Waals surface area (Å²) in [4.78, 5) is 11.6. The standard InChI is InChI=1S/C12H10Cl2N2O2/c13-8-4-9(14)6-10(5-8)16-12(17)15-7-11-2-1-3-18-11/h1-6H,7H2,(H2,15,16,17). The lowest BCUT2D eigenvalue weighted by Gasteiger charge is -2.07. The summed E-state index contributed by atoms with van der Waals surface area (Å²) in [5.41, 5.74) is 0.532. The summed E-state index contributed by atoms with van der Waals surface area (Å²) in [5, 5.41) is 6.19. The van der Waals surface area contributed by atoms with Gasteiger partial charge in [-0.05, 0) is 30.3 Å². The number of furan rings is 1. The average Bonchev–Trinajstić information content (AvgIpc) is 2.77. The number of rotatable bonds is 3.